The first-order valence-electron chi connectivity index (χ1n) is 5.64. The number of carbonyl (C=O) groups excluding carboxylic acids is 3. The molecular weight excluding hydrogens is 238 g/mol. The van der Waals surface area contributed by atoms with Crippen LogP contribution in [0.5, 0.6) is 0 Å². The van der Waals surface area contributed by atoms with Crippen LogP contribution in [0.2, 0.25) is 0 Å². The van der Waals surface area contributed by atoms with Crippen LogP contribution in [0.1, 0.15) is 34.6 Å². The minimum absolute atomic E-state index is 0.137. The molecule has 0 bridgehead atoms. The molecule has 0 aliphatic rings. The Kier molecular flexibility index (Phi) is 5.63. The molecule has 0 saturated carbocycles. The highest BCUT2D eigenvalue weighted by Crippen LogP contribution is 2.07. The summed E-state index contributed by atoms with van der Waals surface area (Å²) in [6.45, 7) is 6.65. The van der Waals surface area contributed by atoms with Crippen molar-refractivity contribution in [1.82, 2.24) is 5.32 Å². The first kappa shape index (κ1) is 16.7. The highest BCUT2D eigenvalue weighted by Gasteiger charge is 2.31. The Morgan fingerprint density at radius 1 is 1.11 bits per heavy atom. The van der Waals surface area contributed by atoms with E-state index in [9.17, 15) is 19.5 Å². The van der Waals surface area contributed by atoms with Crippen LogP contribution < -0.4 is 5.32 Å². The molecule has 0 saturated heterocycles. The van der Waals surface area contributed by atoms with Crippen LogP contribution in [0.15, 0.2) is 0 Å². The van der Waals surface area contributed by atoms with Gasteiger partial charge in [0.2, 0.25) is 0 Å². The lowest BCUT2D eigenvalue weighted by molar-refractivity contribution is -0.147. The van der Waals surface area contributed by atoms with Crippen molar-refractivity contribution in [2.45, 2.75) is 45.8 Å². The quantitative estimate of drug-likeness (QED) is 0.616. The van der Waals surface area contributed by atoms with Gasteiger partial charge in [-0.3, -0.25) is 19.7 Å². The van der Waals surface area contributed by atoms with Crippen molar-refractivity contribution >= 4 is 17.5 Å². The molecule has 18 heavy (non-hydrogen) atoms. The molecule has 0 aliphatic carbocycles. The van der Waals surface area contributed by atoms with E-state index in [1.807, 2.05) is 0 Å². The Morgan fingerprint density at radius 3 is 2.00 bits per heavy atom. The lowest BCUT2D eigenvalue weighted by Crippen LogP contribution is -2.52. The monoisotopic (exact) mass is 259 g/mol. The summed E-state index contributed by atoms with van der Waals surface area (Å²) < 4.78 is 4.60. The summed E-state index contributed by atoms with van der Waals surface area (Å²) >= 11 is 0. The zero-order chi connectivity index (χ0) is 14.6. The van der Waals surface area contributed by atoms with Crippen molar-refractivity contribution in [3.63, 3.8) is 0 Å². The van der Waals surface area contributed by atoms with Crippen LogP contribution in [0.3, 0.4) is 0 Å². The average Bonchev–Trinajstić information content (AvgIpc) is 2.20. The molecule has 0 spiro atoms. The van der Waals surface area contributed by atoms with Gasteiger partial charge in [0.15, 0.2) is 18.2 Å². The minimum Gasteiger partial charge on any atom is -0.458 e. The SMILES string of the molecule is CC(=O)OCC(=O)C(C)(C)NCC(=O)C(C)(C)O. The Balaban J connectivity index is 4.34. The van der Waals surface area contributed by atoms with Crippen molar-refractivity contribution in [3.05, 3.63) is 0 Å². The second-order valence-corrected chi connectivity index (χ2v) is 5.16. The average molecular weight is 259 g/mol. The summed E-state index contributed by atoms with van der Waals surface area (Å²) in [5.41, 5.74) is -2.45. The van der Waals surface area contributed by atoms with Crippen LogP contribution in [0.25, 0.3) is 0 Å². The molecule has 0 aromatic carbocycles. The number of hydrogen-bond acceptors (Lipinski definition) is 6. The molecule has 104 valence electrons. The first-order chi connectivity index (χ1) is 7.97. The van der Waals surface area contributed by atoms with E-state index in [2.05, 4.69) is 10.1 Å². The van der Waals surface area contributed by atoms with E-state index in [1.54, 1.807) is 13.8 Å². The number of hydrogen-bond donors (Lipinski definition) is 2. The molecule has 6 heteroatoms. The molecule has 0 fully saturated rings. The molecule has 2 N–H and O–H groups in total. The van der Waals surface area contributed by atoms with Crippen LogP contribution >= 0.6 is 0 Å². The molecule has 0 heterocycles. The van der Waals surface area contributed by atoms with Gasteiger partial charge < -0.3 is 9.84 Å². The third-order valence-corrected chi connectivity index (χ3v) is 2.48. The minimum atomic E-state index is -1.44. The molecule has 0 radical (unpaired) electrons. The predicted molar refractivity (Wildman–Crippen MR) is 65.0 cm³/mol. The van der Waals surface area contributed by atoms with Gasteiger partial charge in [0.05, 0.1) is 12.1 Å². The van der Waals surface area contributed by atoms with Gasteiger partial charge in [0, 0.05) is 6.92 Å². The van der Waals surface area contributed by atoms with Crippen LogP contribution in [0, 0.1) is 0 Å². The lowest BCUT2D eigenvalue weighted by Gasteiger charge is -2.26. The molecule has 0 aliphatic heterocycles. The fourth-order valence-corrected chi connectivity index (χ4v) is 0.964. The number of nitrogens with one attached hydrogen (secondary N) is 1. The normalized spacial score (nSPS) is 12.1. The van der Waals surface area contributed by atoms with Gasteiger partial charge in [-0.05, 0) is 27.7 Å². The molecular formula is C12H21NO5. The van der Waals surface area contributed by atoms with Crippen molar-refractivity contribution < 1.29 is 24.2 Å². The zero-order valence-electron chi connectivity index (χ0n) is 11.5. The van der Waals surface area contributed by atoms with E-state index in [4.69, 9.17) is 0 Å². The Labute approximate surface area is 107 Å². The van der Waals surface area contributed by atoms with E-state index >= 15 is 0 Å². The van der Waals surface area contributed by atoms with Crippen LogP contribution in [0.4, 0.5) is 0 Å². The van der Waals surface area contributed by atoms with Gasteiger partial charge >= 0.3 is 5.97 Å². The summed E-state index contributed by atoms with van der Waals surface area (Å²) in [6.07, 6.45) is 0. The molecule has 0 amide bonds. The molecule has 6 nitrogen and oxygen atoms in total. The standard InChI is InChI=1S/C12H21NO5/c1-8(14)18-7-10(16)11(2,3)13-6-9(15)12(4,5)17/h13,17H,6-7H2,1-5H3. The Morgan fingerprint density at radius 2 is 1.61 bits per heavy atom. The Bertz CT molecular complexity index is 341. The van der Waals surface area contributed by atoms with Gasteiger partial charge in [-0.25, -0.2) is 0 Å². The summed E-state index contributed by atoms with van der Waals surface area (Å²) in [7, 11) is 0. The molecule has 0 rings (SSSR count). The maximum atomic E-state index is 11.7. The van der Waals surface area contributed by atoms with Crippen LogP contribution in [-0.2, 0) is 19.1 Å². The van der Waals surface area contributed by atoms with E-state index in [0.717, 1.165) is 0 Å². The highest BCUT2D eigenvalue weighted by molar-refractivity contribution is 5.92. The number of ketones is 2. The molecule has 0 aromatic rings. The van der Waals surface area contributed by atoms with Crippen molar-refractivity contribution in [1.29, 1.82) is 0 Å². The third-order valence-electron chi connectivity index (χ3n) is 2.48. The van der Waals surface area contributed by atoms with Gasteiger partial charge in [-0.1, -0.05) is 0 Å². The van der Waals surface area contributed by atoms with E-state index in [0.29, 0.717) is 0 Å². The van der Waals surface area contributed by atoms with E-state index in [-0.39, 0.29) is 18.9 Å². The highest BCUT2D eigenvalue weighted by atomic mass is 16.5. The van der Waals surface area contributed by atoms with Gasteiger partial charge in [-0.2, -0.15) is 0 Å². The van der Waals surface area contributed by atoms with Gasteiger partial charge in [0.1, 0.15) is 5.60 Å². The first-order valence-corrected chi connectivity index (χ1v) is 5.64. The second kappa shape index (κ2) is 6.06. The summed E-state index contributed by atoms with van der Waals surface area (Å²) in [4.78, 5) is 33.8. The zero-order valence-corrected chi connectivity index (χ0v) is 11.5. The van der Waals surface area contributed by atoms with E-state index < -0.39 is 22.9 Å². The largest absolute Gasteiger partial charge is 0.458 e. The number of carbonyl (C=O) groups is 3. The Hall–Kier alpha value is -1.27. The summed E-state index contributed by atoms with van der Waals surface area (Å²) in [5, 5.41) is 12.2. The smallest absolute Gasteiger partial charge is 0.303 e. The lowest BCUT2D eigenvalue weighted by atomic mass is 9.97. The number of rotatable bonds is 7. The topological polar surface area (TPSA) is 92.7 Å². The maximum Gasteiger partial charge on any atom is 0.303 e. The number of aliphatic hydroxyl groups is 1. The predicted octanol–water partition coefficient (Wildman–Crippen LogP) is -0.173. The maximum absolute atomic E-state index is 11.7. The van der Waals surface area contributed by atoms with Gasteiger partial charge in [0.25, 0.3) is 0 Å². The molecule has 0 aromatic heterocycles. The van der Waals surface area contributed by atoms with Crippen LogP contribution in [-0.4, -0.2) is 46.9 Å². The van der Waals surface area contributed by atoms with Crippen molar-refractivity contribution in [3.8, 4) is 0 Å². The third kappa shape index (κ3) is 5.88. The summed E-state index contributed by atoms with van der Waals surface area (Å²) in [6, 6.07) is 0. The number of esters is 1. The van der Waals surface area contributed by atoms with Crippen molar-refractivity contribution in [2.24, 2.45) is 0 Å². The molecule has 0 unspecified atom stereocenters. The fraction of sp³-hybridized carbons (Fsp3) is 0.750. The van der Waals surface area contributed by atoms with E-state index in [1.165, 1.54) is 20.8 Å². The van der Waals surface area contributed by atoms with Gasteiger partial charge in [-0.15, -0.1) is 0 Å². The fourth-order valence-electron chi connectivity index (χ4n) is 0.964. The van der Waals surface area contributed by atoms with Crippen molar-refractivity contribution in [2.75, 3.05) is 13.2 Å². The number of ether oxygens (including phenoxy) is 1. The number of Topliss-reactive ketones (excluding diaryl/α,β-unsaturated/α-hetero) is 2. The second-order valence-electron chi connectivity index (χ2n) is 5.16. The summed E-state index contributed by atoms with van der Waals surface area (Å²) in [5.74, 6) is -1.30. The molecule has 0 atom stereocenters.